The molecule has 1 saturated heterocycles. The molecule has 0 bridgehead atoms. The number of hydrogen-bond donors (Lipinski definition) is 1. The monoisotopic (exact) mass is 191 g/mol. The zero-order valence-corrected chi connectivity index (χ0v) is 9.17. The third-order valence-corrected chi connectivity index (χ3v) is 3.17. The van der Waals surface area contributed by atoms with Gasteiger partial charge in [-0.25, -0.2) is 5.11 Å². The summed E-state index contributed by atoms with van der Waals surface area (Å²) in [5, 5.41) is 9.57. The topological polar surface area (TPSA) is 52.7 Å². The van der Waals surface area contributed by atoms with Crippen molar-refractivity contribution >= 4 is 8.32 Å². The van der Waals surface area contributed by atoms with Crippen LogP contribution in [0, 0.1) is 0 Å². The Kier molecular flexibility index (Phi) is 5.74. The van der Waals surface area contributed by atoms with Crippen LogP contribution in [0.5, 0.6) is 0 Å². The van der Waals surface area contributed by atoms with Gasteiger partial charge in [0.15, 0.2) is 8.32 Å². The van der Waals surface area contributed by atoms with Crippen LogP contribution in [-0.2, 0) is 9.84 Å². The molecule has 1 radical (unpaired) electrons. The maximum Gasteiger partial charge on any atom is 0.182 e. The second-order valence-electron chi connectivity index (χ2n) is 3.68. The van der Waals surface area contributed by atoms with E-state index in [4.69, 9.17) is 4.80 Å². The predicted octanol–water partition coefficient (Wildman–Crippen LogP) is 1.41. The number of epoxide rings is 1. The van der Waals surface area contributed by atoms with Gasteiger partial charge in [0.05, 0.1) is 6.61 Å². The zero-order chi connectivity index (χ0) is 9.61. The molecule has 3 nitrogen and oxygen atoms in total. The second kappa shape index (κ2) is 5.69. The minimum Gasteiger partial charge on any atom is -0.432 e. The standard InChI is InChI=1S/C5H14OSi.C3H5O2/c1-4-5-7(2,3)6;4-1-3-2-5-3/h6H,4-5H2,1-3H3;3H,1-2H2. The molecule has 0 amide bonds. The molecule has 0 aromatic heterocycles. The van der Waals surface area contributed by atoms with Gasteiger partial charge in [0, 0.05) is 0 Å². The summed E-state index contributed by atoms with van der Waals surface area (Å²) in [5.74, 6) is 0. The summed E-state index contributed by atoms with van der Waals surface area (Å²) in [6.45, 7) is 6.68. The van der Waals surface area contributed by atoms with E-state index in [0.717, 1.165) is 12.5 Å². The molecule has 0 aromatic rings. The first-order chi connectivity index (χ1) is 5.49. The van der Waals surface area contributed by atoms with Crippen molar-refractivity contribution in [3.05, 3.63) is 0 Å². The average molecular weight is 191 g/mol. The van der Waals surface area contributed by atoms with E-state index in [-0.39, 0.29) is 12.7 Å². The van der Waals surface area contributed by atoms with Gasteiger partial charge in [-0.2, -0.15) is 0 Å². The Morgan fingerprint density at radius 2 is 2.08 bits per heavy atom. The van der Waals surface area contributed by atoms with Gasteiger partial charge in [0.25, 0.3) is 0 Å². The van der Waals surface area contributed by atoms with Crippen molar-refractivity contribution < 1.29 is 14.6 Å². The molecular weight excluding hydrogens is 172 g/mol. The van der Waals surface area contributed by atoms with Crippen LogP contribution in [0.25, 0.3) is 0 Å². The van der Waals surface area contributed by atoms with Gasteiger partial charge in [0.2, 0.25) is 0 Å². The highest BCUT2D eigenvalue weighted by molar-refractivity contribution is 6.69. The molecule has 1 rings (SSSR count). The predicted molar refractivity (Wildman–Crippen MR) is 50.1 cm³/mol. The fourth-order valence-corrected chi connectivity index (χ4v) is 2.00. The molecule has 1 heterocycles. The summed E-state index contributed by atoms with van der Waals surface area (Å²) < 4.78 is 4.55. The first kappa shape index (κ1) is 12.1. The molecule has 0 aliphatic carbocycles. The van der Waals surface area contributed by atoms with Crippen LogP contribution in [0.4, 0.5) is 0 Å². The molecule has 0 saturated carbocycles. The minimum absolute atomic E-state index is 0.0556. The van der Waals surface area contributed by atoms with E-state index in [1.165, 1.54) is 0 Å². The molecule has 0 spiro atoms. The van der Waals surface area contributed by atoms with Crippen molar-refractivity contribution in [1.29, 1.82) is 0 Å². The smallest absolute Gasteiger partial charge is 0.182 e. The molecule has 1 atom stereocenters. The molecule has 4 heteroatoms. The fraction of sp³-hybridized carbons (Fsp3) is 1.00. The van der Waals surface area contributed by atoms with E-state index in [1.807, 2.05) is 13.1 Å². The van der Waals surface area contributed by atoms with Crippen molar-refractivity contribution in [3.63, 3.8) is 0 Å². The van der Waals surface area contributed by atoms with E-state index >= 15 is 0 Å². The van der Waals surface area contributed by atoms with Gasteiger partial charge in [-0.3, -0.25) is 0 Å². The second-order valence-corrected chi connectivity index (χ2v) is 7.81. The first-order valence-corrected chi connectivity index (χ1v) is 7.57. The van der Waals surface area contributed by atoms with Gasteiger partial charge in [-0.1, -0.05) is 13.3 Å². The Balaban J connectivity index is 0.000000211. The van der Waals surface area contributed by atoms with Gasteiger partial charge < -0.3 is 9.53 Å². The summed E-state index contributed by atoms with van der Waals surface area (Å²) in [4.78, 5) is 9.16. The van der Waals surface area contributed by atoms with E-state index < -0.39 is 8.32 Å². The lowest BCUT2D eigenvalue weighted by Gasteiger charge is -2.10. The Labute approximate surface area is 75.5 Å². The summed E-state index contributed by atoms with van der Waals surface area (Å²) in [6, 6.07) is 1.03. The lowest BCUT2D eigenvalue weighted by molar-refractivity contribution is 0.164. The van der Waals surface area contributed by atoms with Crippen LogP contribution >= 0.6 is 0 Å². The molecular formula is C8H19O3Si. The van der Waals surface area contributed by atoms with Crippen molar-refractivity contribution in [2.75, 3.05) is 13.2 Å². The zero-order valence-electron chi connectivity index (χ0n) is 8.17. The average Bonchev–Trinajstić information content (AvgIpc) is 2.66. The minimum atomic E-state index is -1.66. The Hall–Kier alpha value is 0.0969. The van der Waals surface area contributed by atoms with Crippen LogP contribution in [0.15, 0.2) is 0 Å². The Bertz CT molecular complexity index is 107. The molecule has 1 aliphatic heterocycles. The van der Waals surface area contributed by atoms with Crippen molar-refractivity contribution in [2.24, 2.45) is 0 Å². The van der Waals surface area contributed by atoms with E-state index in [1.54, 1.807) is 0 Å². The van der Waals surface area contributed by atoms with Gasteiger partial charge in [0.1, 0.15) is 12.7 Å². The van der Waals surface area contributed by atoms with Crippen LogP contribution in [0.3, 0.4) is 0 Å². The molecule has 1 aliphatic rings. The Morgan fingerprint density at radius 1 is 1.58 bits per heavy atom. The summed E-state index contributed by atoms with van der Waals surface area (Å²) in [5.41, 5.74) is 0. The fourth-order valence-electron chi connectivity index (χ4n) is 0.776. The molecule has 1 unspecified atom stereocenters. The normalized spacial score (nSPS) is 21.2. The highest BCUT2D eigenvalue weighted by Crippen LogP contribution is 2.05. The quantitative estimate of drug-likeness (QED) is 0.541. The molecule has 12 heavy (non-hydrogen) atoms. The van der Waals surface area contributed by atoms with Crippen molar-refractivity contribution in [3.8, 4) is 0 Å². The summed E-state index contributed by atoms with van der Waals surface area (Å²) in [6.07, 6.45) is 1.20. The van der Waals surface area contributed by atoms with Crippen LogP contribution < -0.4 is 0 Å². The van der Waals surface area contributed by atoms with Crippen LogP contribution in [0.1, 0.15) is 13.3 Å². The van der Waals surface area contributed by atoms with E-state index in [0.29, 0.717) is 6.61 Å². The SMILES string of the molecule is CCC[Si](C)(C)O.[O]CC1CO1. The molecule has 73 valence electrons. The van der Waals surface area contributed by atoms with Gasteiger partial charge in [-0.05, 0) is 19.1 Å². The lowest BCUT2D eigenvalue weighted by Crippen LogP contribution is -2.23. The maximum atomic E-state index is 9.57. The number of ether oxygens (including phenoxy) is 1. The van der Waals surface area contributed by atoms with Crippen molar-refractivity contribution in [2.45, 2.75) is 38.6 Å². The van der Waals surface area contributed by atoms with E-state index in [9.17, 15) is 5.11 Å². The maximum absolute atomic E-state index is 9.57. The van der Waals surface area contributed by atoms with Crippen LogP contribution in [0.2, 0.25) is 19.1 Å². The summed E-state index contributed by atoms with van der Waals surface area (Å²) in [7, 11) is -1.66. The highest BCUT2D eigenvalue weighted by Gasteiger charge is 2.20. The van der Waals surface area contributed by atoms with Gasteiger partial charge in [-0.15, -0.1) is 0 Å². The Morgan fingerprint density at radius 3 is 2.08 bits per heavy atom. The highest BCUT2D eigenvalue weighted by atomic mass is 28.4. The molecule has 0 aromatic carbocycles. The summed E-state index contributed by atoms with van der Waals surface area (Å²) >= 11 is 0. The van der Waals surface area contributed by atoms with E-state index in [2.05, 4.69) is 11.7 Å². The number of rotatable bonds is 3. The van der Waals surface area contributed by atoms with Crippen molar-refractivity contribution in [1.82, 2.24) is 0 Å². The molecule has 1 N–H and O–H groups in total. The molecule has 1 fully saturated rings. The largest absolute Gasteiger partial charge is 0.432 e. The third kappa shape index (κ3) is 10.1. The third-order valence-electron chi connectivity index (χ3n) is 1.45. The van der Waals surface area contributed by atoms with Gasteiger partial charge >= 0.3 is 0 Å². The lowest BCUT2D eigenvalue weighted by atomic mass is 10.5. The van der Waals surface area contributed by atoms with Crippen LogP contribution in [-0.4, -0.2) is 32.4 Å². The first-order valence-electron chi connectivity index (χ1n) is 4.41. The number of hydrogen-bond acceptors (Lipinski definition) is 2.